The molecule has 0 unspecified atom stereocenters. The first-order chi connectivity index (χ1) is 15.4. The molecule has 0 saturated carbocycles. The Morgan fingerprint density at radius 1 is 1.03 bits per heavy atom. The second-order valence-corrected chi connectivity index (χ2v) is 10.7. The number of ether oxygens (including phenoxy) is 4. The summed E-state index contributed by atoms with van der Waals surface area (Å²) in [5, 5.41) is 2.47. The van der Waals surface area contributed by atoms with Crippen LogP contribution in [0.25, 0.3) is 0 Å². The van der Waals surface area contributed by atoms with Crippen molar-refractivity contribution in [3.05, 3.63) is 66.2 Å². The van der Waals surface area contributed by atoms with Crippen molar-refractivity contribution in [2.45, 2.75) is 54.8 Å². The fourth-order valence-corrected chi connectivity index (χ4v) is 6.33. The minimum atomic E-state index is -3.78. The van der Waals surface area contributed by atoms with Crippen molar-refractivity contribution in [1.82, 2.24) is 5.32 Å². The fourth-order valence-electron chi connectivity index (χ4n) is 4.28. The highest BCUT2D eigenvalue weighted by Gasteiger charge is 2.55. The number of fused-ring (bicyclic) bond motifs is 1. The number of hydrogen-bond acceptors (Lipinski definition) is 7. The van der Waals surface area contributed by atoms with Gasteiger partial charge >= 0.3 is 0 Å². The van der Waals surface area contributed by atoms with E-state index in [1.54, 1.807) is 30.3 Å². The molecule has 2 aliphatic heterocycles. The van der Waals surface area contributed by atoms with Crippen molar-refractivity contribution >= 4 is 9.84 Å². The van der Waals surface area contributed by atoms with Gasteiger partial charge in [-0.1, -0.05) is 62.4 Å². The average Bonchev–Trinajstić information content (AvgIpc) is 2.82. The van der Waals surface area contributed by atoms with Gasteiger partial charge in [-0.2, -0.15) is 0 Å². The monoisotopic (exact) mass is 461 g/mol. The van der Waals surface area contributed by atoms with Crippen LogP contribution in [0.5, 0.6) is 0 Å². The SMILES string of the molecule is CO[C@@H]1O[C@@H]2CO[C@@H](c3ccccc3)O[C@H]2[C@H](S(=O)(=O)c2ccccc2)[C@H]1NCC(C)C. The lowest BCUT2D eigenvalue weighted by Crippen LogP contribution is -2.68. The third kappa shape index (κ3) is 4.76. The highest BCUT2D eigenvalue weighted by Crippen LogP contribution is 2.38. The summed E-state index contributed by atoms with van der Waals surface area (Å²) in [6.07, 6.45) is -2.71. The van der Waals surface area contributed by atoms with Gasteiger partial charge in [0.1, 0.15) is 17.5 Å². The van der Waals surface area contributed by atoms with Gasteiger partial charge in [0, 0.05) is 12.7 Å². The maximum absolute atomic E-state index is 13.9. The highest BCUT2D eigenvalue weighted by atomic mass is 32.2. The first-order valence-corrected chi connectivity index (χ1v) is 12.5. The predicted octanol–water partition coefficient (Wildman–Crippen LogP) is 2.93. The van der Waals surface area contributed by atoms with Crippen LogP contribution in [-0.2, 0) is 28.8 Å². The topological polar surface area (TPSA) is 83.1 Å². The summed E-state index contributed by atoms with van der Waals surface area (Å²) in [7, 11) is -2.25. The zero-order valence-electron chi connectivity index (χ0n) is 18.6. The van der Waals surface area contributed by atoms with E-state index in [4.69, 9.17) is 18.9 Å². The maximum Gasteiger partial charge on any atom is 0.185 e. The molecule has 174 valence electrons. The van der Waals surface area contributed by atoms with Gasteiger partial charge in [0.2, 0.25) is 0 Å². The van der Waals surface area contributed by atoms with Gasteiger partial charge in [-0.3, -0.25) is 0 Å². The molecule has 2 aromatic rings. The summed E-state index contributed by atoms with van der Waals surface area (Å²) in [5.74, 6) is 0.318. The molecule has 2 fully saturated rings. The third-order valence-electron chi connectivity index (χ3n) is 5.83. The Hall–Kier alpha value is -1.81. The van der Waals surface area contributed by atoms with Crippen LogP contribution < -0.4 is 5.32 Å². The van der Waals surface area contributed by atoms with E-state index in [2.05, 4.69) is 19.2 Å². The predicted molar refractivity (Wildman–Crippen MR) is 120 cm³/mol. The first-order valence-electron chi connectivity index (χ1n) is 10.9. The van der Waals surface area contributed by atoms with E-state index in [9.17, 15) is 8.42 Å². The molecular weight excluding hydrogens is 430 g/mol. The quantitative estimate of drug-likeness (QED) is 0.679. The van der Waals surface area contributed by atoms with Crippen LogP contribution in [-0.4, -0.2) is 58.5 Å². The highest BCUT2D eigenvalue weighted by molar-refractivity contribution is 7.92. The number of nitrogens with one attached hydrogen (secondary N) is 1. The van der Waals surface area contributed by atoms with Crippen LogP contribution in [0, 0.1) is 5.92 Å². The lowest BCUT2D eigenvalue weighted by atomic mass is 9.98. The average molecular weight is 462 g/mol. The summed E-state index contributed by atoms with van der Waals surface area (Å²) in [6, 6.07) is 17.4. The van der Waals surface area contributed by atoms with Gasteiger partial charge in [-0.15, -0.1) is 0 Å². The normalized spacial score (nSPS) is 30.8. The maximum atomic E-state index is 13.9. The van der Waals surface area contributed by atoms with Crippen LogP contribution >= 0.6 is 0 Å². The number of rotatable bonds is 7. The van der Waals surface area contributed by atoms with Crippen molar-refractivity contribution in [3.63, 3.8) is 0 Å². The molecule has 2 saturated heterocycles. The Morgan fingerprint density at radius 2 is 1.69 bits per heavy atom. The zero-order chi connectivity index (χ0) is 22.7. The van der Waals surface area contributed by atoms with E-state index in [0.29, 0.717) is 12.5 Å². The van der Waals surface area contributed by atoms with E-state index < -0.39 is 45.9 Å². The molecule has 2 aromatic carbocycles. The Bertz CT molecular complexity index is 968. The Kier molecular flexibility index (Phi) is 7.29. The summed E-state index contributed by atoms with van der Waals surface area (Å²) in [5.41, 5.74) is 0.836. The second-order valence-electron chi connectivity index (χ2n) is 8.61. The molecule has 6 atom stereocenters. The van der Waals surface area contributed by atoms with Crippen molar-refractivity contribution in [1.29, 1.82) is 0 Å². The first kappa shape index (κ1) is 23.4. The number of benzene rings is 2. The molecule has 2 heterocycles. The second kappa shape index (κ2) is 9.99. The lowest BCUT2D eigenvalue weighted by molar-refractivity contribution is -0.317. The van der Waals surface area contributed by atoms with Gasteiger partial charge in [-0.25, -0.2) is 8.42 Å². The molecule has 0 amide bonds. The molecule has 0 aromatic heterocycles. The van der Waals surface area contributed by atoms with Crippen molar-refractivity contribution in [3.8, 4) is 0 Å². The Balaban J connectivity index is 1.73. The van der Waals surface area contributed by atoms with Gasteiger partial charge in [0.05, 0.1) is 17.5 Å². The summed E-state index contributed by atoms with van der Waals surface area (Å²) in [4.78, 5) is 0.253. The molecule has 7 nitrogen and oxygen atoms in total. The molecule has 0 aliphatic carbocycles. The molecule has 0 radical (unpaired) electrons. The van der Waals surface area contributed by atoms with Crippen LogP contribution in [0.15, 0.2) is 65.6 Å². The number of hydrogen-bond donors (Lipinski definition) is 1. The molecule has 1 N–H and O–H groups in total. The zero-order valence-corrected chi connectivity index (χ0v) is 19.4. The van der Waals surface area contributed by atoms with Gasteiger partial charge in [0.15, 0.2) is 22.4 Å². The molecule has 0 bridgehead atoms. The molecule has 32 heavy (non-hydrogen) atoms. The molecular formula is C24H31NO6S. The van der Waals surface area contributed by atoms with E-state index in [1.165, 1.54) is 7.11 Å². The molecule has 0 spiro atoms. The van der Waals surface area contributed by atoms with Gasteiger partial charge in [0.25, 0.3) is 0 Å². The van der Waals surface area contributed by atoms with E-state index in [-0.39, 0.29) is 11.5 Å². The van der Waals surface area contributed by atoms with Crippen molar-refractivity contribution in [2.24, 2.45) is 5.92 Å². The van der Waals surface area contributed by atoms with Gasteiger partial charge in [-0.05, 0) is 24.6 Å². The van der Waals surface area contributed by atoms with Crippen LogP contribution in [0.4, 0.5) is 0 Å². The smallest absolute Gasteiger partial charge is 0.185 e. The lowest BCUT2D eigenvalue weighted by Gasteiger charge is -2.49. The Labute approximate surface area is 189 Å². The van der Waals surface area contributed by atoms with Crippen molar-refractivity contribution < 1.29 is 27.4 Å². The van der Waals surface area contributed by atoms with Gasteiger partial charge < -0.3 is 24.3 Å². The van der Waals surface area contributed by atoms with Crippen molar-refractivity contribution in [2.75, 3.05) is 20.3 Å². The largest absolute Gasteiger partial charge is 0.354 e. The Morgan fingerprint density at radius 3 is 2.31 bits per heavy atom. The van der Waals surface area contributed by atoms with E-state index in [1.807, 2.05) is 30.3 Å². The van der Waals surface area contributed by atoms with Crippen LogP contribution in [0.3, 0.4) is 0 Å². The standard InChI is InChI=1S/C24H31NO6S/c1-16(2)14-25-20-22(32(26,27)18-12-8-5-9-13-18)21-19(30-24(20)28-3)15-29-23(31-21)17-10-6-4-7-11-17/h4-13,16,19-25H,14-15H2,1-3H3/t19-,20-,21-,22-,23-,24-/m1/s1. The van der Waals surface area contributed by atoms with Crippen LogP contribution in [0.1, 0.15) is 25.7 Å². The number of sulfone groups is 1. The molecule has 4 rings (SSSR count). The number of methoxy groups -OCH3 is 1. The third-order valence-corrected chi connectivity index (χ3v) is 8.04. The summed E-state index contributed by atoms with van der Waals surface area (Å²) < 4.78 is 51.8. The molecule has 2 aliphatic rings. The molecule has 8 heteroatoms. The minimum Gasteiger partial charge on any atom is -0.354 e. The minimum absolute atomic E-state index is 0.210. The summed E-state index contributed by atoms with van der Waals surface area (Å²) in [6.45, 7) is 4.96. The fraction of sp³-hybridized carbons (Fsp3) is 0.500. The summed E-state index contributed by atoms with van der Waals surface area (Å²) >= 11 is 0. The van der Waals surface area contributed by atoms with Crippen LogP contribution in [0.2, 0.25) is 0 Å². The van der Waals surface area contributed by atoms with E-state index in [0.717, 1.165) is 5.56 Å². The van der Waals surface area contributed by atoms with E-state index >= 15 is 0 Å².